The van der Waals surface area contributed by atoms with Crippen LogP contribution in [0.25, 0.3) is 11.3 Å². The van der Waals surface area contributed by atoms with Gasteiger partial charge in [0.15, 0.2) is 0 Å². The Labute approximate surface area is 166 Å². The minimum atomic E-state index is -1.05. The third-order valence-corrected chi connectivity index (χ3v) is 4.75. The van der Waals surface area contributed by atoms with E-state index in [1.807, 2.05) is 48.0 Å². The van der Waals surface area contributed by atoms with Crippen molar-refractivity contribution in [2.75, 3.05) is 30.9 Å². The van der Waals surface area contributed by atoms with Gasteiger partial charge in [-0.15, -0.1) is 0 Å². The van der Waals surface area contributed by atoms with E-state index in [9.17, 15) is 14.7 Å². The van der Waals surface area contributed by atoms with Crippen molar-refractivity contribution < 1.29 is 19.1 Å². The zero-order valence-electron chi connectivity index (χ0n) is 15.5. The van der Waals surface area contributed by atoms with E-state index in [-0.39, 0.29) is 6.54 Å². The van der Waals surface area contributed by atoms with Crippen molar-refractivity contribution in [1.29, 1.82) is 0 Å². The monoisotopic (exact) mass is 399 g/mol. The first-order chi connectivity index (χ1) is 13.4. The third kappa shape index (κ3) is 4.79. The molecule has 0 aliphatic carbocycles. The fourth-order valence-electron chi connectivity index (χ4n) is 2.49. The van der Waals surface area contributed by atoms with Crippen LogP contribution in [0.4, 0.5) is 11.4 Å². The molecular formula is C20H21N3O4S. The summed E-state index contributed by atoms with van der Waals surface area (Å²) in [5.41, 5.74) is 2.41. The first-order valence-corrected chi connectivity index (χ1v) is 9.55. The van der Waals surface area contributed by atoms with E-state index in [2.05, 4.69) is 10.6 Å². The number of nitrogens with zero attached hydrogens (tertiary/aromatic N) is 1. The van der Waals surface area contributed by atoms with Crippen molar-refractivity contribution in [3.05, 3.63) is 59.0 Å². The Morgan fingerprint density at radius 2 is 1.86 bits per heavy atom. The smallest absolute Gasteiger partial charge is 0.313 e. The van der Waals surface area contributed by atoms with Crippen LogP contribution in [0.5, 0.6) is 0 Å². The molecular weight excluding hydrogens is 378 g/mol. The van der Waals surface area contributed by atoms with Gasteiger partial charge in [0.2, 0.25) is 0 Å². The molecule has 8 heteroatoms. The summed E-state index contributed by atoms with van der Waals surface area (Å²) < 4.78 is 5.61. The number of hydrogen-bond acceptors (Lipinski definition) is 6. The van der Waals surface area contributed by atoms with Crippen molar-refractivity contribution in [2.24, 2.45) is 0 Å². The van der Waals surface area contributed by atoms with Gasteiger partial charge in [-0.25, -0.2) is 0 Å². The second-order valence-electron chi connectivity index (χ2n) is 6.34. The number of carbonyl (C=O) groups is 2. The minimum Gasteiger partial charge on any atom is -0.458 e. The molecule has 2 heterocycles. The summed E-state index contributed by atoms with van der Waals surface area (Å²) in [5.74, 6) is -0.676. The molecule has 0 fully saturated rings. The molecule has 3 rings (SSSR count). The molecule has 0 spiro atoms. The molecule has 0 bridgehead atoms. The predicted molar refractivity (Wildman–Crippen MR) is 109 cm³/mol. The summed E-state index contributed by atoms with van der Waals surface area (Å²) >= 11 is 1.55. The van der Waals surface area contributed by atoms with Gasteiger partial charge in [0.25, 0.3) is 0 Å². The topological polar surface area (TPSA) is 94.8 Å². The van der Waals surface area contributed by atoms with Gasteiger partial charge in [-0.05, 0) is 47.8 Å². The first-order valence-electron chi connectivity index (χ1n) is 8.61. The van der Waals surface area contributed by atoms with E-state index in [1.54, 1.807) is 35.6 Å². The van der Waals surface area contributed by atoms with Crippen molar-refractivity contribution in [2.45, 2.75) is 6.10 Å². The van der Waals surface area contributed by atoms with Gasteiger partial charge in [0.1, 0.15) is 17.6 Å². The number of benzene rings is 1. The molecule has 3 N–H and O–H groups in total. The van der Waals surface area contributed by atoms with Crippen LogP contribution < -0.4 is 15.5 Å². The van der Waals surface area contributed by atoms with E-state index in [1.165, 1.54) is 0 Å². The molecule has 0 aliphatic rings. The zero-order chi connectivity index (χ0) is 20.1. The van der Waals surface area contributed by atoms with Crippen molar-refractivity contribution in [3.8, 4) is 11.3 Å². The fraction of sp³-hybridized carbons (Fsp3) is 0.200. The molecule has 3 aromatic rings. The molecule has 1 unspecified atom stereocenters. The largest absolute Gasteiger partial charge is 0.458 e. The second kappa shape index (κ2) is 8.73. The molecule has 146 valence electrons. The molecule has 0 saturated heterocycles. The Morgan fingerprint density at radius 3 is 2.50 bits per heavy atom. The Kier molecular flexibility index (Phi) is 6.13. The molecule has 2 aromatic heterocycles. The Morgan fingerprint density at radius 1 is 1.11 bits per heavy atom. The molecule has 7 nitrogen and oxygen atoms in total. The van der Waals surface area contributed by atoms with Crippen molar-refractivity contribution in [3.63, 3.8) is 0 Å². The highest BCUT2D eigenvalue weighted by Crippen LogP contribution is 2.26. The SMILES string of the molecule is CN(C)c1ccc(NC(=O)C(=O)NCC(O)c2ccc(-c3ccsc3)o2)cc1. The van der Waals surface area contributed by atoms with Gasteiger partial charge in [0.05, 0.1) is 6.54 Å². The van der Waals surface area contributed by atoms with Crippen LogP contribution in [0.1, 0.15) is 11.9 Å². The quantitative estimate of drug-likeness (QED) is 0.554. The lowest BCUT2D eigenvalue weighted by Crippen LogP contribution is -2.37. The van der Waals surface area contributed by atoms with Crippen molar-refractivity contribution in [1.82, 2.24) is 5.32 Å². The van der Waals surface area contributed by atoms with Crippen LogP contribution in [-0.4, -0.2) is 37.6 Å². The number of rotatable bonds is 6. The molecule has 0 aliphatic heterocycles. The number of anilines is 2. The van der Waals surface area contributed by atoms with E-state index in [4.69, 9.17) is 4.42 Å². The number of carbonyl (C=O) groups excluding carboxylic acids is 2. The standard InChI is InChI=1S/C20H21N3O4S/c1-23(2)15-5-3-14(4-6-15)22-20(26)19(25)21-11-16(24)18-8-7-17(27-18)13-9-10-28-12-13/h3-10,12,16,24H,11H2,1-2H3,(H,21,25)(H,22,26). The van der Waals surface area contributed by atoms with Crippen molar-refractivity contribution >= 4 is 34.5 Å². The van der Waals surface area contributed by atoms with Crippen LogP contribution in [0, 0.1) is 0 Å². The lowest BCUT2D eigenvalue weighted by atomic mass is 10.2. The van der Waals surface area contributed by atoms with E-state index in [0.29, 0.717) is 17.2 Å². The highest BCUT2D eigenvalue weighted by atomic mass is 32.1. The number of aliphatic hydroxyl groups is 1. The average molecular weight is 399 g/mol. The highest BCUT2D eigenvalue weighted by Gasteiger charge is 2.18. The second-order valence-corrected chi connectivity index (χ2v) is 7.12. The van der Waals surface area contributed by atoms with E-state index < -0.39 is 17.9 Å². The summed E-state index contributed by atoms with van der Waals surface area (Å²) in [5, 5.41) is 19.0. The van der Waals surface area contributed by atoms with E-state index in [0.717, 1.165) is 11.3 Å². The molecule has 28 heavy (non-hydrogen) atoms. The first kappa shape index (κ1) is 19.7. The fourth-order valence-corrected chi connectivity index (χ4v) is 3.14. The summed E-state index contributed by atoms with van der Waals surface area (Å²) in [6.07, 6.45) is -1.05. The number of amides is 2. The lowest BCUT2D eigenvalue weighted by molar-refractivity contribution is -0.136. The molecule has 0 radical (unpaired) electrons. The van der Waals surface area contributed by atoms with Crippen LogP contribution in [0.2, 0.25) is 0 Å². The van der Waals surface area contributed by atoms with E-state index >= 15 is 0 Å². The summed E-state index contributed by atoms with van der Waals surface area (Å²) in [6.45, 7) is -0.136. The number of aliphatic hydroxyl groups excluding tert-OH is 1. The maximum Gasteiger partial charge on any atom is 0.313 e. The molecule has 1 atom stereocenters. The van der Waals surface area contributed by atoms with Crippen LogP contribution >= 0.6 is 11.3 Å². The number of nitrogens with one attached hydrogen (secondary N) is 2. The zero-order valence-corrected chi connectivity index (χ0v) is 16.3. The maximum absolute atomic E-state index is 12.0. The predicted octanol–water partition coefficient (Wildman–Crippen LogP) is 2.86. The van der Waals surface area contributed by atoms with Gasteiger partial charge in [0, 0.05) is 36.4 Å². The average Bonchev–Trinajstić information content (AvgIpc) is 3.37. The normalized spacial score (nSPS) is 11.7. The molecule has 1 aromatic carbocycles. The summed E-state index contributed by atoms with van der Waals surface area (Å²) in [6, 6.07) is 12.4. The van der Waals surface area contributed by atoms with Crippen LogP contribution in [0.3, 0.4) is 0 Å². The maximum atomic E-state index is 12.0. The van der Waals surface area contributed by atoms with Gasteiger partial charge in [-0.1, -0.05) is 0 Å². The number of furan rings is 1. The number of thiophene rings is 1. The minimum absolute atomic E-state index is 0.136. The number of hydrogen-bond donors (Lipinski definition) is 3. The summed E-state index contributed by atoms with van der Waals surface area (Å²) in [7, 11) is 3.82. The molecule has 2 amide bonds. The third-order valence-electron chi connectivity index (χ3n) is 4.06. The summed E-state index contributed by atoms with van der Waals surface area (Å²) in [4.78, 5) is 25.9. The lowest BCUT2D eigenvalue weighted by Gasteiger charge is -2.13. The Bertz CT molecular complexity index is 933. The Balaban J connectivity index is 1.51. The Hall–Kier alpha value is -3.10. The van der Waals surface area contributed by atoms with Crippen LogP contribution in [-0.2, 0) is 9.59 Å². The van der Waals surface area contributed by atoms with Gasteiger partial charge in [-0.3, -0.25) is 9.59 Å². The van der Waals surface area contributed by atoms with Gasteiger partial charge < -0.3 is 25.1 Å². The molecule has 0 saturated carbocycles. The van der Waals surface area contributed by atoms with Gasteiger partial charge >= 0.3 is 11.8 Å². The van der Waals surface area contributed by atoms with Crippen LogP contribution in [0.15, 0.2) is 57.6 Å². The highest BCUT2D eigenvalue weighted by molar-refractivity contribution is 7.08. The van der Waals surface area contributed by atoms with Gasteiger partial charge in [-0.2, -0.15) is 11.3 Å².